The first-order valence-electron chi connectivity index (χ1n) is 6.32. The number of nitrogens with zero attached hydrogens (tertiary/aromatic N) is 2. The highest BCUT2D eigenvalue weighted by Gasteiger charge is 2.18. The van der Waals surface area contributed by atoms with Gasteiger partial charge in [-0.1, -0.05) is 0 Å². The normalized spacial score (nSPS) is 14.0. The van der Waals surface area contributed by atoms with Gasteiger partial charge >= 0.3 is 0 Å². The van der Waals surface area contributed by atoms with Crippen molar-refractivity contribution in [1.82, 2.24) is 15.1 Å². The molecule has 0 amide bonds. The maximum Gasteiger partial charge on any atom is 0.125 e. The fraction of sp³-hybridized carbons (Fsp3) is 0.500. The van der Waals surface area contributed by atoms with E-state index in [2.05, 4.69) is 10.4 Å². The second-order valence-electron chi connectivity index (χ2n) is 5.84. The van der Waals surface area contributed by atoms with Crippen LogP contribution in [-0.4, -0.2) is 27.0 Å². The van der Waals surface area contributed by atoms with Crippen molar-refractivity contribution in [3.05, 3.63) is 29.7 Å². The number of rotatable bonds is 3. The van der Waals surface area contributed by atoms with Gasteiger partial charge in [0.15, 0.2) is 0 Å². The average Bonchev–Trinajstić information content (AvgIpc) is 2.66. The predicted octanol–water partition coefficient (Wildman–Crippen LogP) is 2.13. The number of aromatic nitrogens is 2. The molecule has 0 aliphatic rings. The van der Waals surface area contributed by atoms with Crippen molar-refractivity contribution in [2.75, 3.05) is 6.54 Å². The molecule has 19 heavy (non-hydrogen) atoms. The maximum atomic E-state index is 13.6. The number of aliphatic hydroxyl groups is 1. The number of nitrogens with one attached hydrogen (secondary N) is 1. The van der Waals surface area contributed by atoms with Crippen molar-refractivity contribution in [2.45, 2.75) is 32.4 Å². The number of halogens is 1. The van der Waals surface area contributed by atoms with E-state index >= 15 is 0 Å². The Morgan fingerprint density at radius 2 is 2.11 bits per heavy atom. The Labute approximate surface area is 112 Å². The number of aryl methyl sites for hydroxylation is 1. The lowest BCUT2D eigenvalue weighted by molar-refractivity contribution is 0.164. The molecule has 1 atom stereocenters. The monoisotopic (exact) mass is 265 g/mol. The predicted molar refractivity (Wildman–Crippen MR) is 73.4 cm³/mol. The van der Waals surface area contributed by atoms with Gasteiger partial charge in [0.05, 0.1) is 17.8 Å². The number of benzene rings is 1. The van der Waals surface area contributed by atoms with Crippen molar-refractivity contribution >= 4 is 10.9 Å². The molecule has 2 rings (SSSR count). The third-order valence-corrected chi connectivity index (χ3v) is 3.05. The molecule has 1 aromatic heterocycles. The van der Waals surface area contributed by atoms with E-state index in [0.717, 1.165) is 5.39 Å². The van der Waals surface area contributed by atoms with Gasteiger partial charge in [-0.15, -0.1) is 0 Å². The number of β-amino-alcohol motifs (C(OH)–C–C–N with tert-alkyl or cyclic N) is 1. The number of fused-ring (bicyclic) bond motifs is 1. The summed E-state index contributed by atoms with van der Waals surface area (Å²) < 4.78 is 15.2. The number of aliphatic hydroxyl groups excluding tert-OH is 1. The van der Waals surface area contributed by atoms with Crippen molar-refractivity contribution in [2.24, 2.45) is 7.05 Å². The van der Waals surface area contributed by atoms with Crippen LogP contribution in [0, 0.1) is 5.82 Å². The van der Waals surface area contributed by atoms with Gasteiger partial charge in [-0.25, -0.2) is 4.39 Å². The van der Waals surface area contributed by atoms with E-state index in [4.69, 9.17) is 0 Å². The largest absolute Gasteiger partial charge is 0.387 e. The highest BCUT2D eigenvalue weighted by Crippen LogP contribution is 2.25. The van der Waals surface area contributed by atoms with Gasteiger partial charge in [0, 0.05) is 24.5 Å². The molecule has 2 aromatic rings. The average molecular weight is 265 g/mol. The van der Waals surface area contributed by atoms with Crippen LogP contribution in [0.3, 0.4) is 0 Å². The fourth-order valence-corrected chi connectivity index (χ4v) is 2.03. The third kappa shape index (κ3) is 3.11. The molecule has 0 radical (unpaired) electrons. The molecule has 0 saturated heterocycles. The van der Waals surface area contributed by atoms with Crippen LogP contribution in [0.2, 0.25) is 0 Å². The molecule has 1 heterocycles. The standard InChI is InChI=1S/C14H20FN3O/c1-14(2,3)16-8-13(19)10-5-9(15)6-12-11(10)7-17-18(12)4/h5-7,13,16,19H,8H2,1-4H3/t13-/m0/s1. The highest BCUT2D eigenvalue weighted by molar-refractivity contribution is 5.82. The van der Waals surface area contributed by atoms with Crippen LogP contribution in [0.1, 0.15) is 32.4 Å². The Kier molecular flexibility index (Phi) is 3.60. The zero-order chi connectivity index (χ0) is 14.2. The molecule has 5 heteroatoms. The minimum Gasteiger partial charge on any atom is -0.387 e. The first kappa shape index (κ1) is 14.0. The smallest absolute Gasteiger partial charge is 0.125 e. The molecule has 0 bridgehead atoms. The van der Waals surface area contributed by atoms with Gasteiger partial charge in [0.1, 0.15) is 5.82 Å². The molecule has 0 unspecified atom stereocenters. The lowest BCUT2D eigenvalue weighted by Crippen LogP contribution is -2.38. The van der Waals surface area contributed by atoms with Crippen LogP contribution in [0.5, 0.6) is 0 Å². The van der Waals surface area contributed by atoms with Crippen LogP contribution in [0.4, 0.5) is 4.39 Å². The molecular weight excluding hydrogens is 245 g/mol. The molecule has 1 aromatic carbocycles. The summed E-state index contributed by atoms with van der Waals surface area (Å²) >= 11 is 0. The summed E-state index contributed by atoms with van der Waals surface area (Å²) in [6.45, 7) is 6.43. The van der Waals surface area contributed by atoms with Gasteiger partial charge in [0.2, 0.25) is 0 Å². The van der Waals surface area contributed by atoms with Crippen LogP contribution >= 0.6 is 0 Å². The number of hydrogen-bond acceptors (Lipinski definition) is 3. The van der Waals surface area contributed by atoms with E-state index in [1.54, 1.807) is 17.9 Å². The van der Waals surface area contributed by atoms with Crippen molar-refractivity contribution in [1.29, 1.82) is 0 Å². The second kappa shape index (κ2) is 4.90. The van der Waals surface area contributed by atoms with Gasteiger partial charge < -0.3 is 10.4 Å². The molecule has 0 fully saturated rings. The van der Waals surface area contributed by atoms with E-state index in [1.807, 2.05) is 20.8 Å². The number of hydrogen-bond donors (Lipinski definition) is 2. The SMILES string of the molecule is Cn1ncc2c([C@@H](O)CNC(C)(C)C)cc(F)cc21. The summed E-state index contributed by atoms with van der Waals surface area (Å²) in [5.74, 6) is -0.360. The van der Waals surface area contributed by atoms with Crippen molar-refractivity contribution < 1.29 is 9.50 Å². The molecule has 2 N–H and O–H groups in total. The third-order valence-electron chi connectivity index (χ3n) is 3.05. The summed E-state index contributed by atoms with van der Waals surface area (Å²) in [6, 6.07) is 2.80. The van der Waals surface area contributed by atoms with Crippen molar-refractivity contribution in [3.8, 4) is 0 Å². The Bertz CT molecular complexity index is 586. The lowest BCUT2D eigenvalue weighted by Gasteiger charge is -2.23. The fourth-order valence-electron chi connectivity index (χ4n) is 2.03. The van der Waals surface area contributed by atoms with Crippen LogP contribution in [-0.2, 0) is 7.05 Å². The summed E-state index contributed by atoms with van der Waals surface area (Å²) in [5, 5.41) is 18.4. The van der Waals surface area contributed by atoms with E-state index in [1.165, 1.54) is 12.1 Å². The van der Waals surface area contributed by atoms with Gasteiger partial charge in [-0.2, -0.15) is 5.10 Å². The second-order valence-corrected chi connectivity index (χ2v) is 5.84. The molecule has 0 spiro atoms. The Balaban J connectivity index is 2.33. The van der Waals surface area contributed by atoms with Crippen LogP contribution in [0.25, 0.3) is 10.9 Å². The first-order valence-corrected chi connectivity index (χ1v) is 6.32. The van der Waals surface area contributed by atoms with Gasteiger partial charge in [0.25, 0.3) is 0 Å². The zero-order valence-corrected chi connectivity index (χ0v) is 11.7. The molecule has 0 aliphatic carbocycles. The quantitative estimate of drug-likeness (QED) is 0.894. The molecule has 104 valence electrons. The molecule has 0 aliphatic heterocycles. The Morgan fingerprint density at radius 3 is 2.74 bits per heavy atom. The summed E-state index contributed by atoms with van der Waals surface area (Å²) in [7, 11) is 1.76. The lowest BCUT2D eigenvalue weighted by atomic mass is 10.0. The summed E-state index contributed by atoms with van der Waals surface area (Å²) in [4.78, 5) is 0. The topological polar surface area (TPSA) is 50.1 Å². The van der Waals surface area contributed by atoms with Crippen LogP contribution in [0.15, 0.2) is 18.3 Å². The van der Waals surface area contributed by atoms with Crippen LogP contribution < -0.4 is 5.32 Å². The molecule has 0 saturated carbocycles. The van der Waals surface area contributed by atoms with E-state index in [0.29, 0.717) is 17.6 Å². The Hall–Kier alpha value is -1.46. The molecule has 4 nitrogen and oxygen atoms in total. The van der Waals surface area contributed by atoms with Gasteiger partial charge in [-0.3, -0.25) is 4.68 Å². The van der Waals surface area contributed by atoms with E-state index in [-0.39, 0.29) is 11.4 Å². The maximum absolute atomic E-state index is 13.6. The summed E-state index contributed by atoms with van der Waals surface area (Å²) in [6.07, 6.45) is 0.895. The zero-order valence-electron chi connectivity index (χ0n) is 11.7. The van der Waals surface area contributed by atoms with E-state index in [9.17, 15) is 9.50 Å². The highest BCUT2D eigenvalue weighted by atomic mass is 19.1. The van der Waals surface area contributed by atoms with E-state index < -0.39 is 6.10 Å². The minimum atomic E-state index is -0.762. The first-order chi connectivity index (χ1) is 8.78. The Morgan fingerprint density at radius 1 is 1.42 bits per heavy atom. The summed E-state index contributed by atoms with van der Waals surface area (Å²) in [5.41, 5.74) is 1.16. The van der Waals surface area contributed by atoms with Gasteiger partial charge in [-0.05, 0) is 38.5 Å². The minimum absolute atomic E-state index is 0.0949. The van der Waals surface area contributed by atoms with Crippen molar-refractivity contribution in [3.63, 3.8) is 0 Å². The molecular formula is C14H20FN3O.